The SMILES string of the molecule is CC(C)N(CCc1ccccc1)N=O. The summed E-state index contributed by atoms with van der Waals surface area (Å²) in [5, 5.41) is 4.55. The number of rotatable bonds is 5. The van der Waals surface area contributed by atoms with Gasteiger partial charge < -0.3 is 0 Å². The second kappa shape index (κ2) is 5.37. The van der Waals surface area contributed by atoms with E-state index in [9.17, 15) is 4.91 Å². The standard InChI is InChI=1S/C11H16N2O/c1-10(2)13(12-14)9-8-11-6-4-3-5-7-11/h3-7,10H,8-9H2,1-2H3. The lowest BCUT2D eigenvalue weighted by atomic mass is 10.1. The van der Waals surface area contributed by atoms with Gasteiger partial charge in [-0.05, 0) is 25.8 Å². The molecule has 1 rings (SSSR count). The van der Waals surface area contributed by atoms with E-state index in [1.165, 1.54) is 5.56 Å². The normalized spacial score (nSPS) is 10.2. The van der Waals surface area contributed by atoms with Gasteiger partial charge in [-0.1, -0.05) is 30.3 Å². The van der Waals surface area contributed by atoms with Gasteiger partial charge in [-0.15, -0.1) is 4.91 Å². The molecule has 0 spiro atoms. The molecule has 1 aromatic carbocycles. The van der Waals surface area contributed by atoms with Crippen LogP contribution in [0.4, 0.5) is 0 Å². The molecule has 0 unspecified atom stereocenters. The summed E-state index contributed by atoms with van der Waals surface area (Å²) >= 11 is 0. The molecule has 0 radical (unpaired) electrons. The average Bonchev–Trinajstić information content (AvgIpc) is 2.20. The number of hydrogen-bond acceptors (Lipinski definition) is 2. The molecule has 0 fully saturated rings. The maximum Gasteiger partial charge on any atom is 0.0526 e. The Morgan fingerprint density at radius 1 is 1.29 bits per heavy atom. The van der Waals surface area contributed by atoms with Crippen LogP contribution in [0.3, 0.4) is 0 Å². The second-order valence-electron chi connectivity index (χ2n) is 3.57. The molecule has 0 aliphatic heterocycles. The first-order valence-electron chi connectivity index (χ1n) is 4.88. The maximum absolute atomic E-state index is 10.4. The Labute approximate surface area is 84.7 Å². The lowest BCUT2D eigenvalue weighted by Gasteiger charge is -2.18. The van der Waals surface area contributed by atoms with Crippen molar-refractivity contribution >= 4 is 0 Å². The summed E-state index contributed by atoms with van der Waals surface area (Å²) in [6.07, 6.45) is 0.866. The Bertz CT molecular complexity index is 272. The molecule has 76 valence electrons. The average molecular weight is 192 g/mol. The van der Waals surface area contributed by atoms with Crippen molar-refractivity contribution in [2.75, 3.05) is 6.54 Å². The Balaban J connectivity index is 2.43. The van der Waals surface area contributed by atoms with E-state index in [0.717, 1.165) is 6.42 Å². The smallest absolute Gasteiger partial charge is 0.0526 e. The van der Waals surface area contributed by atoms with E-state index in [-0.39, 0.29) is 6.04 Å². The predicted octanol–water partition coefficient (Wildman–Crippen LogP) is 2.62. The van der Waals surface area contributed by atoms with Crippen molar-refractivity contribution < 1.29 is 0 Å². The molecule has 0 amide bonds. The molecule has 3 nitrogen and oxygen atoms in total. The van der Waals surface area contributed by atoms with Crippen molar-refractivity contribution in [3.05, 3.63) is 40.8 Å². The maximum atomic E-state index is 10.4. The van der Waals surface area contributed by atoms with Crippen LogP contribution in [-0.4, -0.2) is 17.6 Å². The van der Waals surface area contributed by atoms with E-state index in [1.54, 1.807) is 5.01 Å². The molecule has 0 saturated heterocycles. The monoisotopic (exact) mass is 192 g/mol. The highest BCUT2D eigenvalue weighted by Crippen LogP contribution is 2.04. The van der Waals surface area contributed by atoms with Gasteiger partial charge in [0.1, 0.15) is 0 Å². The largest absolute Gasteiger partial charge is 0.258 e. The van der Waals surface area contributed by atoms with Gasteiger partial charge in [-0.25, -0.2) is 0 Å². The van der Waals surface area contributed by atoms with E-state index in [0.29, 0.717) is 6.54 Å². The van der Waals surface area contributed by atoms with Gasteiger partial charge in [0.05, 0.1) is 5.29 Å². The summed E-state index contributed by atoms with van der Waals surface area (Å²) in [4.78, 5) is 10.4. The fourth-order valence-electron chi connectivity index (χ4n) is 1.28. The van der Waals surface area contributed by atoms with E-state index in [4.69, 9.17) is 0 Å². The van der Waals surface area contributed by atoms with Crippen LogP contribution in [0, 0.1) is 4.91 Å². The summed E-state index contributed by atoms with van der Waals surface area (Å²) in [5.74, 6) is 0. The van der Waals surface area contributed by atoms with Gasteiger partial charge in [0.15, 0.2) is 0 Å². The highest BCUT2D eigenvalue weighted by Gasteiger charge is 2.06. The van der Waals surface area contributed by atoms with Crippen LogP contribution in [0.25, 0.3) is 0 Å². The van der Waals surface area contributed by atoms with Gasteiger partial charge in [0.2, 0.25) is 0 Å². The van der Waals surface area contributed by atoms with Crippen LogP contribution in [0.2, 0.25) is 0 Å². The van der Waals surface area contributed by atoms with Gasteiger partial charge in [0, 0.05) is 12.6 Å². The molecular weight excluding hydrogens is 176 g/mol. The highest BCUT2D eigenvalue weighted by atomic mass is 16.3. The zero-order chi connectivity index (χ0) is 10.4. The quantitative estimate of drug-likeness (QED) is 0.530. The molecule has 0 saturated carbocycles. The highest BCUT2D eigenvalue weighted by molar-refractivity contribution is 5.14. The van der Waals surface area contributed by atoms with Gasteiger partial charge in [-0.3, -0.25) is 5.01 Å². The number of nitroso groups, excluding NO2 is 1. The van der Waals surface area contributed by atoms with Crippen LogP contribution < -0.4 is 0 Å². The van der Waals surface area contributed by atoms with Crippen molar-refractivity contribution in [2.45, 2.75) is 26.3 Å². The van der Waals surface area contributed by atoms with Crippen LogP contribution >= 0.6 is 0 Å². The molecule has 1 aromatic rings. The minimum Gasteiger partial charge on any atom is -0.258 e. The van der Waals surface area contributed by atoms with Crippen molar-refractivity contribution in [3.63, 3.8) is 0 Å². The fourth-order valence-corrected chi connectivity index (χ4v) is 1.28. The van der Waals surface area contributed by atoms with Crippen molar-refractivity contribution in [1.82, 2.24) is 5.01 Å². The summed E-state index contributed by atoms with van der Waals surface area (Å²) < 4.78 is 0. The van der Waals surface area contributed by atoms with E-state index in [2.05, 4.69) is 17.4 Å². The molecule has 0 N–H and O–H groups in total. The zero-order valence-corrected chi connectivity index (χ0v) is 8.68. The fraction of sp³-hybridized carbons (Fsp3) is 0.455. The predicted molar refractivity (Wildman–Crippen MR) is 57.8 cm³/mol. The molecule has 0 aliphatic rings. The zero-order valence-electron chi connectivity index (χ0n) is 8.68. The van der Waals surface area contributed by atoms with Crippen molar-refractivity contribution in [3.8, 4) is 0 Å². The first-order valence-corrected chi connectivity index (χ1v) is 4.88. The van der Waals surface area contributed by atoms with E-state index >= 15 is 0 Å². The molecule has 0 heterocycles. The van der Waals surface area contributed by atoms with Crippen molar-refractivity contribution in [2.24, 2.45) is 5.29 Å². The molecule has 0 atom stereocenters. The van der Waals surface area contributed by atoms with Gasteiger partial charge >= 0.3 is 0 Å². The number of hydrogen-bond donors (Lipinski definition) is 0. The minimum absolute atomic E-state index is 0.177. The number of nitrogens with zero attached hydrogens (tertiary/aromatic N) is 2. The molecule has 0 aliphatic carbocycles. The van der Waals surface area contributed by atoms with Crippen LogP contribution in [0.5, 0.6) is 0 Å². The van der Waals surface area contributed by atoms with E-state index < -0.39 is 0 Å². The Morgan fingerprint density at radius 3 is 2.43 bits per heavy atom. The topological polar surface area (TPSA) is 32.7 Å². The Morgan fingerprint density at radius 2 is 1.93 bits per heavy atom. The van der Waals surface area contributed by atoms with Crippen molar-refractivity contribution in [1.29, 1.82) is 0 Å². The van der Waals surface area contributed by atoms with Crippen LogP contribution in [0.1, 0.15) is 19.4 Å². The Hall–Kier alpha value is -1.38. The van der Waals surface area contributed by atoms with Crippen LogP contribution in [-0.2, 0) is 6.42 Å². The molecular formula is C11H16N2O. The lowest BCUT2D eigenvalue weighted by molar-refractivity contribution is 0.232. The third-order valence-corrected chi connectivity index (χ3v) is 2.17. The first kappa shape index (κ1) is 10.7. The minimum atomic E-state index is 0.177. The van der Waals surface area contributed by atoms with Gasteiger partial charge in [0.25, 0.3) is 0 Å². The summed E-state index contributed by atoms with van der Waals surface area (Å²) in [5.41, 5.74) is 1.24. The summed E-state index contributed by atoms with van der Waals surface area (Å²) in [6, 6.07) is 10.3. The van der Waals surface area contributed by atoms with Crippen LogP contribution in [0.15, 0.2) is 35.6 Å². The lowest BCUT2D eigenvalue weighted by Crippen LogP contribution is -2.27. The summed E-state index contributed by atoms with van der Waals surface area (Å²) in [6.45, 7) is 4.62. The third-order valence-electron chi connectivity index (χ3n) is 2.17. The Kier molecular flexibility index (Phi) is 4.11. The molecule has 14 heavy (non-hydrogen) atoms. The second-order valence-corrected chi connectivity index (χ2v) is 3.57. The molecule has 0 bridgehead atoms. The summed E-state index contributed by atoms with van der Waals surface area (Å²) in [7, 11) is 0. The molecule has 3 heteroatoms. The van der Waals surface area contributed by atoms with E-state index in [1.807, 2.05) is 32.0 Å². The first-order chi connectivity index (χ1) is 6.74. The van der Waals surface area contributed by atoms with Gasteiger partial charge in [-0.2, -0.15) is 0 Å². The number of benzene rings is 1. The molecule has 0 aromatic heterocycles. The third kappa shape index (κ3) is 3.17.